The summed E-state index contributed by atoms with van der Waals surface area (Å²) in [6.45, 7) is 6.09. The van der Waals surface area contributed by atoms with E-state index in [0.29, 0.717) is 30.7 Å². The highest BCUT2D eigenvalue weighted by atomic mass is 19.1. The zero-order chi connectivity index (χ0) is 22.5. The van der Waals surface area contributed by atoms with E-state index in [9.17, 15) is 9.65 Å². The first kappa shape index (κ1) is 20.4. The number of anilines is 2. The monoisotopic (exact) mass is 442 g/mol. The predicted octanol–water partition coefficient (Wildman–Crippen LogP) is 3.59. The average molecular weight is 443 g/mol. The standard InChI is InChI=1S/C26H27FN6/c1-16-13-32(24-7-4-17(10-28)26-21(24)3-2-8-30-26)15-25-20-6-5-19(9-18(20)14-33(16)25)31-23-12-29-11-22(23)27/h2-9,16,22-23,25,29,31H,11-15H2,1H3/t16-,22-,23-,25-/m1/s1. The number of fused-ring (bicyclic) bond motifs is 4. The summed E-state index contributed by atoms with van der Waals surface area (Å²) in [7, 11) is 0. The molecule has 6 nitrogen and oxygen atoms in total. The molecular weight excluding hydrogens is 415 g/mol. The average Bonchev–Trinajstić information content (AvgIpc) is 3.41. The van der Waals surface area contributed by atoms with E-state index in [0.717, 1.165) is 41.9 Å². The van der Waals surface area contributed by atoms with Gasteiger partial charge in [-0.3, -0.25) is 9.88 Å². The van der Waals surface area contributed by atoms with Gasteiger partial charge in [0.25, 0.3) is 0 Å². The normalized spacial score (nSPS) is 26.8. The van der Waals surface area contributed by atoms with Crippen LogP contribution < -0.4 is 15.5 Å². The van der Waals surface area contributed by atoms with Gasteiger partial charge in [0.1, 0.15) is 12.2 Å². The quantitative estimate of drug-likeness (QED) is 0.646. The minimum absolute atomic E-state index is 0.167. The van der Waals surface area contributed by atoms with Crippen molar-refractivity contribution in [3.63, 3.8) is 0 Å². The molecule has 168 valence electrons. The van der Waals surface area contributed by atoms with E-state index < -0.39 is 6.17 Å². The molecule has 3 aromatic rings. The van der Waals surface area contributed by atoms with Crippen LogP contribution in [-0.2, 0) is 6.54 Å². The lowest BCUT2D eigenvalue weighted by atomic mass is 9.99. The lowest BCUT2D eigenvalue weighted by Crippen LogP contribution is -2.51. The van der Waals surface area contributed by atoms with Gasteiger partial charge in [-0.15, -0.1) is 0 Å². The Hall–Kier alpha value is -3.21. The SMILES string of the molecule is C[C@@H]1CN(c2ccc(C#N)c3ncccc23)C[C@@H]2c3ccc(N[C@@H]4CNC[C@H]4F)cc3CN12. The van der Waals surface area contributed by atoms with Crippen molar-refractivity contribution in [2.75, 3.05) is 36.4 Å². The maximum absolute atomic E-state index is 14.0. The summed E-state index contributed by atoms with van der Waals surface area (Å²) in [5, 5.41) is 17.0. The third-order valence-corrected chi connectivity index (χ3v) is 7.40. The fourth-order valence-corrected chi connectivity index (χ4v) is 5.74. The van der Waals surface area contributed by atoms with Crippen molar-refractivity contribution in [1.29, 1.82) is 5.26 Å². The van der Waals surface area contributed by atoms with Gasteiger partial charge in [-0.2, -0.15) is 5.26 Å². The van der Waals surface area contributed by atoms with Gasteiger partial charge in [-0.05, 0) is 54.4 Å². The van der Waals surface area contributed by atoms with Gasteiger partial charge in [-0.25, -0.2) is 4.39 Å². The van der Waals surface area contributed by atoms with Gasteiger partial charge < -0.3 is 15.5 Å². The molecular formula is C26H27FN6. The second-order valence-electron chi connectivity index (χ2n) is 9.42. The first-order valence-electron chi connectivity index (χ1n) is 11.6. The van der Waals surface area contributed by atoms with Crippen LogP contribution in [0.1, 0.15) is 29.7 Å². The third-order valence-electron chi connectivity index (χ3n) is 7.40. The van der Waals surface area contributed by atoms with Crippen LogP contribution in [0.4, 0.5) is 15.8 Å². The van der Waals surface area contributed by atoms with Gasteiger partial charge in [-0.1, -0.05) is 6.07 Å². The molecule has 2 aromatic carbocycles. The lowest BCUT2D eigenvalue weighted by Gasteiger charge is -2.43. The van der Waals surface area contributed by atoms with Crippen LogP contribution in [0.2, 0.25) is 0 Å². The van der Waals surface area contributed by atoms with Gasteiger partial charge in [0, 0.05) is 61.7 Å². The molecule has 0 amide bonds. The van der Waals surface area contributed by atoms with Crippen LogP contribution in [-0.4, -0.2) is 54.3 Å². The minimum atomic E-state index is -0.852. The fourth-order valence-electron chi connectivity index (χ4n) is 5.74. The molecule has 4 atom stereocenters. The molecule has 0 bridgehead atoms. The van der Waals surface area contributed by atoms with E-state index in [4.69, 9.17) is 0 Å². The van der Waals surface area contributed by atoms with Crippen molar-refractivity contribution in [1.82, 2.24) is 15.2 Å². The molecule has 2 fully saturated rings. The summed E-state index contributed by atoms with van der Waals surface area (Å²) in [5.74, 6) is 0. The number of aromatic nitrogens is 1. The van der Waals surface area contributed by atoms with Gasteiger partial charge >= 0.3 is 0 Å². The number of pyridine rings is 1. The molecule has 0 aliphatic carbocycles. The highest BCUT2D eigenvalue weighted by Gasteiger charge is 2.39. The van der Waals surface area contributed by atoms with Crippen molar-refractivity contribution < 1.29 is 4.39 Å². The Balaban J connectivity index is 1.30. The van der Waals surface area contributed by atoms with Crippen molar-refractivity contribution in [2.24, 2.45) is 0 Å². The smallest absolute Gasteiger partial charge is 0.134 e. The van der Waals surface area contributed by atoms with Crippen LogP contribution >= 0.6 is 0 Å². The number of alkyl halides is 1. The highest BCUT2D eigenvalue weighted by Crippen LogP contribution is 2.42. The summed E-state index contributed by atoms with van der Waals surface area (Å²) in [6, 6.07) is 17.3. The van der Waals surface area contributed by atoms with E-state index in [-0.39, 0.29) is 6.04 Å². The highest BCUT2D eigenvalue weighted by molar-refractivity contribution is 5.95. The number of halogens is 1. The molecule has 3 aliphatic rings. The first-order valence-corrected chi connectivity index (χ1v) is 11.6. The molecule has 0 saturated carbocycles. The molecule has 4 heterocycles. The Kier molecular flexibility index (Phi) is 4.93. The number of benzene rings is 2. The number of nitrogens with one attached hydrogen (secondary N) is 2. The molecule has 2 N–H and O–H groups in total. The summed E-state index contributed by atoms with van der Waals surface area (Å²) in [4.78, 5) is 9.50. The van der Waals surface area contributed by atoms with Gasteiger partial charge in [0.15, 0.2) is 0 Å². The summed E-state index contributed by atoms with van der Waals surface area (Å²) >= 11 is 0. The number of nitrogens with zero attached hydrogens (tertiary/aromatic N) is 4. The molecule has 0 spiro atoms. The minimum Gasteiger partial charge on any atom is -0.378 e. The lowest BCUT2D eigenvalue weighted by molar-refractivity contribution is 0.134. The molecule has 7 heteroatoms. The number of piperazine rings is 1. The molecule has 0 unspecified atom stereocenters. The largest absolute Gasteiger partial charge is 0.378 e. The van der Waals surface area contributed by atoms with Gasteiger partial charge in [0.05, 0.1) is 23.2 Å². The van der Waals surface area contributed by atoms with Crippen LogP contribution in [0.3, 0.4) is 0 Å². The van der Waals surface area contributed by atoms with Crippen LogP contribution in [0, 0.1) is 11.3 Å². The zero-order valence-electron chi connectivity index (χ0n) is 18.6. The van der Waals surface area contributed by atoms with Crippen molar-refractivity contribution in [3.8, 4) is 6.07 Å². The van der Waals surface area contributed by atoms with Crippen molar-refractivity contribution >= 4 is 22.3 Å². The maximum atomic E-state index is 14.0. The molecule has 2 saturated heterocycles. The number of nitriles is 1. The Morgan fingerprint density at radius 2 is 2.09 bits per heavy atom. The fraction of sp³-hybridized carbons (Fsp3) is 0.385. The predicted molar refractivity (Wildman–Crippen MR) is 128 cm³/mol. The number of rotatable bonds is 3. The van der Waals surface area contributed by atoms with E-state index in [1.165, 1.54) is 11.1 Å². The Morgan fingerprint density at radius 3 is 2.91 bits per heavy atom. The Morgan fingerprint density at radius 1 is 1.18 bits per heavy atom. The Labute approximate surface area is 193 Å². The van der Waals surface area contributed by atoms with Crippen LogP contribution in [0.15, 0.2) is 48.7 Å². The summed E-state index contributed by atoms with van der Waals surface area (Å²) in [5.41, 5.74) is 6.19. The van der Waals surface area contributed by atoms with E-state index in [1.807, 2.05) is 12.1 Å². The molecule has 0 radical (unpaired) electrons. The number of hydrogen-bond donors (Lipinski definition) is 2. The topological polar surface area (TPSA) is 67.2 Å². The first-order chi connectivity index (χ1) is 16.1. The molecule has 6 rings (SSSR count). The summed E-state index contributed by atoms with van der Waals surface area (Å²) < 4.78 is 14.0. The van der Waals surface area contributed by atoms with Crippen molar-refractivity contribution in [2.45, 2.75) is 37.8 Å². The van der Waals surface area contributed by atoms with E-state index in [2.05, 4.69) is 68.7 Å². The zero-order valence-corrected chi connectivity index (χ0v) is 18.6. The van der Waals surface area contributed by atoms with E-state index in [1.54, 1.807) is 6.20 Å². The van der Waals surface area contributed by atoms with Crippen LogP contribution in [0.5, 0.6) is 0 Å². The van der Waals surface area contributed by atoms with Gasteiger partial charge in [0.2, 0.25) is 0 Å². The molecule has 3 aliphatic heterocycles. The van der Waals surface area contributed by atoms with E-state index >= 15 is 0 Å². The second-order valence-corrected chi connectivity index (χ2v) is 9.42. The maximum Gasteiger partial charge on any atom is 0.134 e. The Bertz CT molecular complexity index is 1250. The van der Waals surface area contributed by atoms with Crippen LogP contribution in [0.25, 0.3) is 10.9 Å². The number of hydrogen-bond acceptors (Lipinski definition) is 6. The third kappa shape index (κ3) is 3.41. The molecule has 33 heavy (non-hydrogen) atoms. The summed E-state index contributed by atoms with van der Waals surface area (Å²) in [6.07, 6.45) is 0.897. The second kappa shape index (κ2) is 7.98. The molecule has 1 aromatic heterocycles. The van der Waals surface area contributed by atoms with Crippen molar-refractivity contribution in [3.05, 3.63) is 65.4 Å².